The fraction of sp³-hybridized carbons (Fsp3) is 0.417. The number of esters is 1. The summed E-state index contributed by atoms with van der Waals surface area (Å²) in [7, 11) is 1.34. The topological polar surface area (TPSA) is 82.7 Å². The van der Waals surface area contributed by atoms with E-state index in [1.165, 1.54) is 18.4 Å². The predicted octanol–water partition coefficient (Wildman–Crippen LogP) is 0.846. The van der Waals surface area contributed by atoms with Gasteiger partial charge in [-0.3, -0.25) is 0 Å². The Morgan fingerprint density at radius 1 is 1.62 bits per heavy atom. The van der Waals surface area contributed by atoms with Crippen LogP contribution < -0.4 is 16.0 Å². The number of carbonyl (C=O) groups is 2. The molecule has 1 aliphatic heterocycles. The van der Waals surface area contributed by atoms with Gasteiger partial charge in [0, 0.05) is 26.2 Å². The molecule has 7 nitrogen and oxygen atoms in total. The highest BCUT2D eigenvalue weighted by Gasteiger charge is 2.18. The van der Waals surface area contributed by atoms with E-state index in [1.807, 2.05) is 0 Å². The van der Waals surface area contributed by atoms with Crippen molar-refractivity contribution < 1.29 is 14.3 Å². The minimum Gasteiger partial charge on any atom is -0.465 e. The number of hydrogen-bond donors (Lipinski definition) is 3. The number of nitrogens with zero attached hydrogens (tertiary/aromatic N) is 1. The number of thiophene rings is 1. The second-order valence-corrected chi connectivity index (χ2v) is 5.58. The van der Waals surface area contributed by atoms with Crippen LogP contribution in [0.4, 0.5) is 10.5 Å². The van der Waals surface area contributed by atoms with Crippen LogP contribution in [-0.4, -0.2) is 55.3 Å². The van der Waals surface area contributed by atoms with Crippen LogP contribution >= 0.6 is 23.6 Å². The molecule has 0 radical (unpaired) electrons. The van der Waals surface area contributed by atoms with Crippen LogP contribution in [0.2, 0.25) is 0 Å². The summed E-state index contributed by atoms with van der Waals surface area (Å²) in [6, 6.07) is 1.71. The van der Waals surface area contributed by atoms with E-state index in [9.17, 15) is 9.59 Å². The minimum absolute atomic E-state index is 0.0542. The van der Waals surface area contributed by atoms with Crippen LogP contribution in [0.3, 0.4) is 0 Å². The van der Waals surface area contributed by atoms with Crippen molar-refractivity contribution >= 4 is 46.4 Å². The smallest absolute Gasteiger partial charge is 0.350 e. The van der Waals surface area contributed by atoms with Crippen LogP contribution in [0.15, 0.2) is 11.4 Å². The second kappa shape index (κ2) is 7.23. The lowest BCUT2D eigenvalue weighted by Gasteiger charge is -2.15. The van der Waals surface area contributed by atoms with E-state index in [-0.39, 0.29) is 6.03 Å². The highest BCUT2D eigenvalue weighted by molar-refractivity contribution is 7.80. The summed E-state index contributed by atoms with van der Waals surface area (Å²) in [4.78, 5) is 25.1. The molecule has 0 bridgehead atoms. The van der Waals surface area contributed by atoms with Crippen LogP contribution in [-0.2, 0) is 4.74 Å². The molecule has 0 spiro atoms. The number of amides is 2. The fourth-order valence-corrected chi connectivity index (χ4v) is 2.83. The van der Waals surface area contributed by atoms with Crippen molar-refractivity contribution in [3.05, 3.63) is 16.3 Å². The summed E-state index contributed by atoms with van der Waals surface area (Å²) in [5.41, 5.74) is 0.614. The Balaban J connectivity index is 1.78. The Morgan fingerprint density at radius 2 is 2.43 bits per heavy atom. The lowest BCUT2D eigenvalue weighted by molar-refractivity contribution is 0.0607. The Labute approximate surface area is 131 Å². The monoisotopic (exact) mass is 328 g/mol. The molecule has 1 aromatic heterocycles. The van der Waals surface area contributed by atoms with Gasteiger partial charge in [0.05, 0.1) is 12.8 Å². The molecule has 9 heteroatoms. The van der Waals surface area contributed by atoms with Gasteiger partial charge in [0.25, 0.3) is 0 Å². The number of carbonyl (C=O) groups excluding carboxylic acids is 2. The van der Waals surface area contributed by atoms with E-state index in [4.69, 9.17) is 17.0 Å². The van der Waals surface area contributed by atoms with E-state index in [2.05, 4.69) is 16.0 Å². The second-order valence-electron chi connectivity index (χ2n) is 4.25. The van der Waals surface area contributed by atoms with E-state index in [1.54, 1.807) is 16.3 Å². The van der Waals surface area contributed by atoms with Crippen molar-refractivity contribution in [2.75, 3.05) is 38.6 Å². The zero-order valence-electron chi connectivity index (χ0n) is 11.5. The van der Waals surface area contributed by atoms with Crippen molar-refractivity contribution in [2.45, 2.75) is 0 Å². The molecule has 2 heterocycles. The summed E-state index contributed by atoms with van der Waals surface area (Å²) in [5, 5.41) is 10.9. The summed E-state index contributed by atoms with van der Waals surface area (Å²) in [6.45, 7) is 2.49. The largest absolute Gasteiger partial charge is 0.465 e. The lowest BCUT2D eigenvalue weighted by atomic mass is 10.4. The highest BCUT2D eigenvalue weighted by Crippen LogP contribution is 2.22. The molecule has 1 saturated heterocycles. The molecule has 0 atom stereocenters. The maximum absolute atomic E-state index is 11.5. The molecule has 2 rings (SSSR count). The average molecular weight is 328 g/mol. The average Bonchev–Trinajstić information content (AvgIpc) is 3.08. The molecule has 2 amide bonds. The standard InChI is InChI=1S/C12H16N4O3S2/c1-19-10(17)9-8(2-7-21-9)15-11(20)13-3-5-16-6-4-14-12(16)18/h2,7H,3-6H2,1H3,(H,14,18)(H2,13,15,20). The van der Waals surface area contributed by atoms with Gasteiger partial charge in [-0.15, -0.1) is 11.3 Å². The quantitative estimate of drug-likeness (QED) is 0.549. The summed E-state index contributed by atoms with van der Waals surface area (Å²) < 4.78 is 4.69. The molecular formula is C12H16N4O3S2. The number of urea groups is 1. The molecule has 0 saturated carbocycles. The Morgan fingerprint density at radius 3 is 3.10 bits per heavy atom. The van der Waals surface area contributed by atoms with Gasteiger partial charge in [-0.05, 0) is 23.7 Å². The maximum Gasteiger partial charge on any atom is 0.350 e. The van der Waals surface area contributed by atoms with Gasteiger partial charge >= 0.3 is 12.0 Å². The molecular weight excluding hydrogens is 312 g/mol. The van der Waals surface area contributed by atoms with Crippen LogP contribution in [0.1, 0.15) is 9.67 Å². The minimum atomic E-state index is -0.399. The lowest BCUT2D eigenvalue weighted by Crippen LogP contribution is -2.38. The first-order chi connectivity index (χ1) is 10.1. The molecule has 1 fully saturated rings. The number of ether oxygens (including phenoxy) is 1. The Bertz CT molecular complexity index is 546. The van der Waals surface area contributed by atoms with E-state index < -0.39 is 5.97 Å². The number of anilines is 1. The zero-order chi connectivity index (χ0) is 15.2. The molecule has 21 heavy (non-hydrogen) atoms. The van der Waals surface area contributed by atoms with Gasteiger partial charge in [0.15, 0.2) is 5.11 Å². The zero-order valence-corrected chi connectivity index (χ0v) is 13.1. The fourth-order valence-electron chi connectivity index (χ4n) is 1.85. The van der Waals surface area contributed by atoms with Crippen molar-refractivity contribution in [2.24, 2.45) is 0 Å². The van der Waals surface area contributed by atoms with Gasteiger partial charge in [-0.25, -0.2) is 9.59 Å². The summed E-state index contributed by atoms with van der Waals surface area (Å²) in [6.07, 6.45) is 0. The number of hydrogen-bond acceptors (Lipinski definition) is 5. The first-order valence-electron chi connectivity index (χ1n) is 6.35. The van der Waals surface area contributed by atoms with Gasteiger partial charge in [0.1, 0.15) is 4.88 Å². The van der Waals surface area contributed by atoms with Crippen LogP contribution in [0.5, 0.6) is 0 Å². The van der Waals surface area contributed by atoms with Gasteiger partial charge in [-0.1, -0.05) is 0 Å². The Kier molecular flexibility index (Phi) is 5.34. The summed E-state index contributed by atoms with van der Waals surface area (Å²) >= 11 is 6.45. The van der Waals surface area contributed by atoms with Gasteiger partial charge in [0.2, 0.25) is 0 Å². The summed E-state index contributed by atoms with van der Waals surface area (Å²) in [5.74, 6) is -0.399. The van der Waals surface area contributed by atoms with Crippen LogP contribution in [0.25, 0.3) is 0 Å². The first-order valence-corrected chi connectivity index (χ1v) is 7.64. The third-order valence-electron chi connectivity index (χ3n) is 2.90. The highest BCUT2D eigenvalue weighted by atomic mass is 32.1. The van der Waals surface area contributed by atoms with Crippen molar-refractivity contribution in [1.82, 2.24) is 15.5 Å². The molecule has 0 aromatic carbocycles. The molecule has 0 aliphatic carbocycles. The van der Waals surface area contributed by atoms with Gasteiger partial charge < -0.3 is 25.6 Å². The predicted molar refractivity (Wildman–Crippen MR) is 84.9 cm³/mol. The number of thiocarbonyl (C=S) groups is 1. The molecule has 3 N–H and O–H groups in total. The molecule has 114 valence electrons. The van der Waals surface area contributed by atoms with E-state index >= 15 is 0 Å². The SMILES string of the molecule is COC(=O)c1sccc1NC(=S)NCCN1CCNC1=O. The molecule has 1 aliphatic rings. The third-order valence-corrected chi connectivity index (χ3v) is 4.04. The Hall–Kier alpha value is -1.87. The number of rotatable bonds is 5. The molecule has 1 aromatic rings. The number of methoxy groups -OCH3 is 1. The normalized spacial score (nSPS) is 13.8. The van der Waals surface area contributed by atoms with E-state index in [0.29, 0.717) is 41.9 Å². The van der Waals surface area contributed by atoms with Crippen molar-refractivity contribution in [1.29, 1.82) is 0 Å². The number of nitrogens with one attached hydrogen (secondary N) is 3. The van der Waals surface area contributed by atoms with E-state index in [0.717, 1.165) is 0 Å². The van der Waals surface area contributed by atoms with Crippen molar-refractivity contribution in [3.63, 3.8) is 0 Å². The third kappa shape index (κ3) is 4.05. The van der Waals surface area contributed by atoms with Gasteiger partial charge in [-0.2, -0.15) is 0 Å². The van der Waals surface area contributed by atoms with Crippen LogP contribution in [0, 0.1) is 0 Å². The first kappa shape index (κ1) is 15.5. The molecule has 0 unspecified atom stereocenters. The maximum atomic E-state index is 11.5. The van der Waals surface area contributed by atoms with Crippen molar-refractivity contribution in [3.8, 4) is 0 Å².